The highest BCUT2D eigenvalue weighted by atomic mass is 16.7. The number of aromatic nitrogens is 2. The summed E-state index contributed by atoms with van der Waals surface area (Å²) in [5.74, 6) is -0.374. The number of nitrogens with one attached hydrogen (secondary N) is 1. The van der Waals surface area contributed by atoms with E-state index in [2.05, 4.69) is 36.8 Å². The number of hydrogen-bond acceptors (Lipinski definition) is 4. The van der Waals surface area contributed by atoms with Crippen LogP contribution in [0.3, 0.4) is 0 Å². The first-order chi connectivity index (χ1) is 10.1. The Morgan fingerprint density at radius 3 is 2.76 bits per heavy atom. The molecule has 118 valence electrons. The number of nitrogens with zero attached hydrogens (tertiary/aromatic N) is 2. The van der Waals surface area contributed by atoms with Crippen molar-refractivity contribution in [3.8, 4) is 0 Å². The van der Waals surface area contributed by atoms with Gasteiger partial charge in [-0.15, -0.1) is 0 Å². The van der Waals surface area contributed by atoms with Gasteiger partial charge in [0.2, 0.25) is 0 Å². The van der Waals surface area contributed by atoms with Crippen molar-refractivity contribution in [1.82, 2.24) is 15.1 Å². The molecule has 1 N–H and O–H groups in total. The molecule has 21 heavy (non-hydrogen) atoms. The topological polar surface area (TPSA) is 48.3 Å². The fourth-order valence-corrected chi connectivity index (χ4v) is 3.70. The molecule has 3 rings (SSSR count). The van der Waals surface area contributed by atoms with Crippen LogP contribution in [0.5, 0.6) is 0 Å². The largest absolute Gasteiger partial charge is 0.347 e. The number of aryl methyl sites for hydroxylation is 2. The minimum Gasteiger partial charge on any atom is -0.347 e. The van der Waals surface area contributed by atoms with E-state index in [-0.39, 0.29) is 5.79 Å². The Kier molecular flexibility index (Phi) is 4.33. The standard InChI is InChI=1S/C16H27N3O2/c1-4-7-17-14-5-6-16(20-8-9-21-16)11-15(14)19-13(3)10-12(2)18-19/h10,14-15,17H,4-9,11H2,1-3H3. The molecule has 2 heterocycles. The quantitative estimate of drug-likeness (QED) is 0.925. The van der Waals surface area contributed by atoms with Gasteiger partial charge in [0.15, 0.2) is 5.79 Å². The number of rotatable bonds is 4. The average molecular weight is 293 g/mol. The number of hydrogen-bond donors (Lipinski definition) is 1. The summed E-state index contributed by atoms with van der Waals surface area (Å²) in [4.78, 5) is 0. The molecule has 1 spiro atoms. The predicted octanol–water partition coefficient (Wildman–Crippen LogP) is 2.34. The fourth-order valence-electron chi connectivity index (χ4n) is 3.70. The van der Waals surface area contributed by atoms with Crippen molar-refractivity contribution in [2.45, 2.75) is 64.3 Å². The van der Waals surface area contributed by atoms with Crippen LogP contribution in [-0.2, 0) is 9.47 Å². The summed E-state index contributed by atoms with van der Waals surface area (Å²) in [6.07, 6.45) is 4.09. The van der Waals surface area contributed by atoms with Crippen LogP contribution in [0.15, 0.2) is 6.07 Å². The lowest BCUT2D eigenvalue weighted by Crippen LogP contribution is -2.49. The normalized spacial score (nSPS) is 28.3. The van der Waals surface area contributed by atoms with Gasteiger partial charge in [-0.2, -0.15) is 5.10 Å². The summed E-state index contributed by atoms with van der Waals surface area (Å²) in [6.45, 7) is 8.88. The van der Waals surface area contributed by atoms with Crippen LogP contribution in [0.25, 0.3) is 0 Å². The van der Waals surface area contributed by atoms with Crippen LogP contribution in [0.2, 0.25) is 0 Å². The Labute approximate surface area is 127 Å². The first-order valence-corrected chi connectivity index (χ1v) is 8.17. The Morgan fingerprint density at radius 2 is 2.14 bits per heavy atom. The van der Waals surface area contributed by atoms with Crippen LogP contribution < -0.4 is 5.32 Å². The Morgan fingerprint density at radius 1 is 1.38 bits per heavy atom. The lowest BCUT2D eigenvalue weighted by atomic mass is 9.85. The summed E-state index contributed by atoms with van der Waals surface area (Å²) in [5.41, 5.74) is 2.30. The minimum absolute atomic E-state index is 0.303. The van der Waals surface area contributed by atoms with E-state index >= 15 is 0 Å². The Bertz CT molecular complexity index is 480. The van der Waals surface area contributed by atoms with Crippen LogP contribution >= 0.6 is 0 Å². The van der Waals surface area contributed by atoms with Gasteiger partial charge >= 0.3 is 0 Å². The van der Waals surface area contributed by atoms with Crippen LogP contribution in [0, 0.1) is 13.8 Å². The Balaban J connectivity index is 1.83. The van der Waals surface area contributed by atoms with Crippen molar-refractivity contribution in [1.29, 1.82) is 0 Å². The maximum Gasteiger partial charge on any atom is 0.170 e. The van der Waals surface area contributed by atoms with E-state index in [0.717, 1.165) is 51.1 Å². The highest BCUT2D eigenvalue weighted by molar-refractivity contribution is 5.09. The summed E-state index contributed by atoms with van der Waals surface area (Å²) < 4.78 is 14.1. The highest BCUT2D eigenvalue weighted by Gasteiger charge is 2.46. The molecule has 5 nitrogen and oxygen atoms in total. The van der Waals surface area contributed by atoms with Crippen molar-refractivity contribution in [2.24, 2.45) is 0 Å². The molecule has 1 aliphatic carbocycles. The van der Waals surface area contributed by atoms with E-state index in [1.54, 1.807) is 0 Å². The van der Waals surface area contributed by atoms with E-state index in [9.17, 15) is 0 Å². The number of ether oxygens (including phenoxy) is 2. The molecule has 1 aromatic heterocycles. The van der Waals surface area contributed by atoms with Gasteiger partial charge in [0.05, 0.1) is 24.9 Å². The first kappa shape index (κ1) is 15.0. The zero-order chi connectivity index (χ0) is 14.9. The van der Waals surface area contributed by atoms with Gasteiger partial charge in [0.25, 0.3) is 0 Å². The van der Waals surface area contributed by atoms with Crippen molar-refractivity contribution < 1.29 is 9.47 Å². The third-order valence-corrected chi connectivity index (χ3v) is 4.65. The second-order valence-corrected chi connectivity index (χ2v) is 6.35. The summed E-state index contributed by atoms with van der Waals surface area (Å²) >= 11 is 0. The van der Waals surface area contributed by atoms with Crippen LogP contribution in [-0.4, -0.2) is 41.4 Å². The molecule has 0 bridgehead atoms. The molecule has 0 aromatic carbocycles. The molecule has 2 atom stereocenters. The van der Waals surface area contributed by atoms with E-state index in [0.29, 0.717) is 12.1 Å². The van der Waals surface area contributed by atoms with E-state index in [1.807, 2.05) is 0 Å². The second kappa shape index (κ2) is 6.07. The monoisotopic (exact) mass is 293 g/mol. The fraction of sp³-hybridized carbons (Fsp3) is 0.812. The van der Waals surface area contributed by atoms with Gasteiger partial charge in [0, 0.05) is 24.6 Å². The minimum atomic E-state index is -0.374. The van der Waals surface area contributed by atoms with Gasteiger partial charge < -0.3 is 14.8 Å². The molecule has 5 heteroatoms. The van der Waals surface area contributed by atoms with E-state index < -0.39 is 0 Å². The maximum absolute atomic E-state index is 5.94. The zero-order valence-corrected chi connectivity index (χ0v) is 13.4. The van der Waals surface area contributed by atoms with Gasteiger partial charge in [-0.3, -0.25) is 4.68 Å². The Hall–Kier alpha value is -0.910. The van der Waals surface area contributed by atoms with E-state index in [4.69, 9.17) is 14.6 Å². The van der Waals surface area contributed by atoms with Crippen molar-refractivity contribution in [3.63, 3.8) is 0 Å². The average Bonchev–Trinajstić information content (AvgIpc) is 3.04. The molecule has 2 aliphatic rings. The SMILES string of the molecule is CCCNC1CCC2(CC1n1nc(C)cc1C)OCCO2. The molecule has 0 radical (unpaired) electrons. The lowest BCUT2D eigenvalue weighted by molar-refractivity contribution is -0.189. The van der Waals surface area contributed by atoms with Crippen molar-refractivity contribution in [2.75, 3.05) is 19.8 Å². The molecular weight excluding hydrogens is 266 g/mol. The lowest BCUT2D eigenvalue weighted by Gasteiger charge is -2.41. The summed E-state index contributed by atoms with van der Waals surface area (Å²) in [5, 5.41) is 8.40. The summed E-state index contributed by atoms with van der Waals surface area (Å²) in [7, 11) is 0. The molecule has 1 saturated carbocycles. The van der Waals surface area contributed by atoms with Gasteiger partial charge in [-0.25, -0.2) is 0 Å². The third kappa shape index (κ3) is 3.00. The van der Waals surface area contributed by atoms with Crippen molar-refractivity contribution >= 4 is 0 Å². The molecule has 1 aromatic rings. The molecule has 2 unspecified atom stereocenters. The zero-order valence-electron chi connectivity index (χ0n) is 13.4. The van der Waals surface area contributed by atoms with Crippen LogP contribution in [0.1, 0.15) is 50.0 Å². The predicted molar refractivity (Wildman–Crippen MR) is 81.3 cm³/mol. The second-order valence-electron chi connectivity index (χ2n) is 6.35. The molecule has 0 amide bonds. The van der Waals surface area contributed by atoms with E-state index in [1.165, 1.54) is 5.69 Å². The smallest absolute Gasteiger partial charge is 0.170 e. The molecule has 1 aliphatic heterocycles. The molecule has 1 saturated heterocycles. The molecule has 2 fully saturated rings. The summed E-state index contributed by atoms with van der Waals surface area (Å²) in [6, 6.07) is 2.90. The van der Waals surface area contributed by atoms with Gasteiger partial charge in [-0.1, -0.05) is 6.92 Å². The van der Waals surface area contributed by atoms with Gasteiger partial charge in [-0.05, 0) is 39.3 Å². The maximum atomic E-state index is 5.94. The van der Waals surface area contributed by atoms with Crippen molar-refractivity contribution in [3.05, 3.63) is 17.5 Å². The third-order valence-electron chi connectivity index (χ3n) is 4.65. The molecular formula is C16H27N3O2. The van der Waals surface area contributed by atoms with Gasteiger partial charge in [0.1, 0.15) is 0 Å². The van der Waals surface area contributed by atoms with Crippen LogP contribution in [0.4, 0.5) is 0 Å². The highest BCUT2D eigenvalue weighted by Crippen LogP contribution is 2.41. The first-order valence-electron chi connectivity index (χ1n) is 8.17.